The number of nitrogens with one attached hydrogen (secondary N) is 1. The van der Waals surface area contributed by atoms with E-state index in [-0.39, 0.29) is 28.8 Å². The van der Waals surface area contributed by atoms with E-state index in [9.17, 15) is 20.1 Å². The van der Waals surface area contributed by atoms with Crippen LogP contribution in [0.5, 0.6) is 11.5 Å². The van der Waals surface area contributed by atoms with Crippen molar-refractivity contribution in [2.24, 2.45) is 4.99 Å². The van der Waals surface area contributed by atoms with E-state index in [1.807, 2.05) is 13.8 Å². The van der Waals surface area contributed by atoms with Gasteiger partial charge >= 0.3 is 6.09 Å². The lowest BCUT2D eigenvalue weighted by molar-refractivity contribution is 0.0164. The molecule has 0 aromatic heterocycles. The van der Waals surface area contributed by atoms with Crippen molar-refractivity contribution in [2.75, 3.05) is 0 Å². The Bertz CT molecular complexity index is 585. The number of hydrazine groups is 1. The van der Waals surface area contributed by atoms with Crippen LogP contribution in [0, 0.1) is 0 Å². The number of amides is 1. The number of carbonyl (C=O) groups is 1. The molecule has 1 aliphatic heterocycles. The van der Waals surface area contributed by atoms with Gasteiger partial charge in [0.25, 0.3) is 6.35 Å². The van der Waals surface area contributed by atoms with Gasteiger partial charge in [-0.2, -0.15) is 5.01 Å². The number of hydrogen-bond acceptors (Lipinski definition) is 6. The summed E-state index contributed by atoms with van der Waals surface area (Å²) in [5.74, 6) is -0.316. The molecule has 5 N–H and O–H groups in total. The summed E-state index contributed by atoms with van der Waals surface area (Å²) in [5.41, 5.74) is 3.15. The number of phenols is 2. The smallest absolute Gasteiger partial charge is 0.430 e. The molecule has 0 aliphatic carbocycles. The lowest BCUT2D eigenvalue weighted by atomic mass is 9.98. The molecule has 1 heterocycles. The third kappa shape index (κ3) is 2.32. The highest BCUT2D eigenvalue weighted by atomic mass is 16.4. The third-order valence-corrected chi connectivity index (χ3v) is 2.93. The first-order chi connectivity index (χ1) is 9.31. The maximum atomic E-state index is 10.8. The molecular weight excluding hydrogens is 266 g/mol. The standard InChI is InChI=1S/C12H15N3O5/c1-5(2)6-3-7(9(17)4-8(6)16)10-13-11(18)15(14-10)12(19)20/h3-5,11,16-18H,1-2H3,(H,13,14)(H,19,20). The zero-order valence-corrected chi connectivity index (χ0v) is 10.9. The Morgan fingerprint density at radius 1 is 1.35 bits per heavy atom. The maximum Gasteiger partial charge on any atom is 0.430 e. The van der Waals surface area contributed by atoms with Crippen LogP contribution in [0.25, 0.3) is 0 Å². The Morgan fingerprint density at radius 3 is 2.50 bits per heavy atom. The molecule has 20 heavy (non-hydrogen) atoms. The predicted molar refractivity (Wildman–Crippen MR) is 69.4 cm³/mol. The average molecular weight is 281 g/mol. The zero-order chi connectivity index (χ0) is 15.0. The van der Waals surface area contributed by atoms with E-state index in [0.29, 0.717) is 10.6 Å². The lowest BCUT2D eigenvalue weighted by Gasteiger charge is -2.16. The highest BCUT2D eigenvalue weighted by Crippen LogP contribution is 2.32. The number of aromatic hydroxyl groups is 2. The summed E-state index contributed by atoms with van der Waals surface area (Å²) >= 11 is 0. The number of carboxylic acid groups (broad SMARTS) is 1. The highest BCUT2D eigenvalue weighted by Gasteiger charge is 2.30. The van der Waals surface area contributed by atoms with E-state index in [4.69, 9.17) is 5.11 Å². The highest BCUT2D eigenvalue weighted by molar-refractivity contribution is 6.03. The second kappa shape index (κ2) is 4.89. The summed E-state index contributed by atoms with van der Waals surface area (Å²) in [6.45, 7) is 3.72. The van der Waals surface area contributed by atoms with Crippen LogP contribution in [0.4, 0.5) is 4.79 Å². The molecule has 8 heteroatoms. The maximum absolute atomic E-state index is 10.8. The number of nitrogens with zero attached hydrogens (tertiary/aromatic N) is 2. The van der Waals surface area contributed by atoms with Gasteiger partial charge in [0, 0.05) is 6.07 Å². The SMILES string of the molecule is CC(C)c1cc(C2=NC(O)N(C(=O)O)N2)c(O)cc1O. The molecule has 1 aliphatic rings. The first-order valence-corrected chi connectivity index (χ1v) is 5.92. The molecule has 1 atom stereocenters. The van der Waals surface area contributed by atoms with Crippen LogP contribution in [0.2, 0.25) is 0 Å². The minimum absolute atomic E-state index is 0.00291. The normalized spacial score (nSPS) is 18.1. The van der Waals surface area contributed by atoms with Crippen molar-refractivity contribution in [3.05, 3.63) is 23.3 Å². The van der Waals surface area contributed by atoms with Crippen LogP contribution in [0.1, 0.15) is 30.9 Å². The van der Waals surface area contributed by atoms with Gasteiger partial charge in [0.05, 0.1) is 5.56 Å². The Balaban J connectivity index is 2.42. The molecular formula is C12H15N3O5. The van der Waals surface area contributed by atoms with Gasteiger partial charge in [0.15, 0.2) is 5.84 Å². The second-order valence-corrected chi connectivity index (χ2v) is 4.67. The van der Waals surface area contributed by atoms with E-state index < -0.39 is 12.4 Å². The fourth-order valence-corrected chi connectivity index (χ4v) is 1.90. The minimum Gasteiger partial charge on any atom is -0.508 e. The number of phenolic OH excluding ortho intramolecular Hbond substituents is 2. The zero-order valence-electron chi connectivity index (χ0n) is 10.9. The number of rotatable bonds is 2. The number of hydrogen-bond donors (Lipinski definition) is 5. The van der Waals surface area contributed by atoms with E-state index in [1.165, 1.54) is 6.07 Å². The summed E-state index contributed by atoms with van der Waals surface area (Å²) in [5, 5.41) is 38.4. The van der Waals surface area contributed by atoms with Crippen LogP contribution in [-0.2, 0) is 0 Å². The van der Waals surface area contributed by atoms with Crippen LogP contribution < -0.4 is 5.43 Å². The molecule has 1 amide bonds. The minimum atomic E-state index is -1.58. The van der Waals surface area contributed by atoms with Crippen LogP contribution in [0.15, 0.2) is 17.1 Å². The van der Waals surface area contributed by atoms with Gasteiger partial charge in [-0.05, 0) is 17.5 Å². The molecule has 1 unspecified atom stereocenters. The summed E-state index contributed by atoms with van der Waals surface area (Å²) in [6, 6.07) is 2.66. The van der Waals surface area contributed by atoms with Gasteiger partial charge in [-0.3, -0.25) is 5.43 Å². The quantitative estimate of drug-likeness (QED) is 0.544. The molecule has 0 saturated heterocycles. The van der Waals surface area contributed by atoms with Gasteiger partial charge < -0.3 is 20.4 Å². The van der Waals surface area contributed by atoms with Crippen molar-refractivity contribution < 1.29 is 25.2 Å². The van der Waals surface area contributed by atoms with Gasteiger partial charge in [0.2, 0.25) is 0 Å². The summed E-state index contributed by atoms with van der Waals surface area (Å²) in [4.78, 5) is 14.5. The molecule has 0 fully saturated rings. The van der Waals surface area contributed by atoms with Crippen molar-refractivity contribution in [3.63, 3.8) is 0 Å². The Morgan fingerprint density at radius 2 is 2.00 bits per heavy atom. The summed E-state index contributed by atoms with van der Waals surface area (Å²) in [6.07, 6.45) is -2.99. The molecule has 0 bridgehead atoms. The molecule has 0 spiro atoms. The van der Waals surface area contributed by atoms with Crippen LogP contribution in [0.3, 0.4) is 0 Å². The average Bonchev–Trinajstić information content (AvgIpc) is 2.70. The van der Waals surface area contributed by atoms with E-state index in [1.54, 1.807) is 0 Å². The first-order valence-electron chi connectivity index (χ1n) is 5.92. The lowest BCUT2D eigenvalue weighted by Crippen LogP contribution is -2.44. The van der Waals surface area contributed by atoms with Crippen molar-refractivity contribution in [1.29, 1.82) is 0 Å². The Labute approximate surface area is 114 Å². The van der Waals surface area contributed by atoms with Crippen molar-refractivity contribution in [3.8, 4) is 11.5 Å². The Kier molecular flexibility index (Phi) is 3.41. The van der Waals surface area contributed by atoms with Crippen LogP contribution >= 0.6 is 0 Å². The molecule has 1 aromatic carbocycles. The van der Waals surface area contributed by atoms with Crippen molar-refractivity contribution in [1.82, 2.24) is 10.4 Å². The molecule has 108 valence electrons. The molecule has 0 radical (unpaired) electrons. The Hall–Kier alpha value is -2.48. The summed E-state index contributed by atoms with van der Waals surface area (Å²) < 4.78 is 0. The van der Waals surface area contributed by atoms with Crippen molar-refractivity contribution >= 4 is 11.9 Å². The fraction of sp³-hybridized carbons (Fsp3) is 0.333. The summed E-state index contributed by atoms with van der Waals surface area (Å²) in [7, 11) is 0. The number of aliphatic hydroxyl groups excluding tert-OH is 1. The van der Waals surface area contributed by atoms with Gasteiger partial charge in [0.1, 0.15) is 11.5 Å². The monoisotopic (exact) mass is 281 g/mol. The number of aliphatic imine (C=N–C) groups is 1. The van der Waals surface area contributed by atoms with Gasteiger partial charge in [-0.25, -0.2) is 9.79 Å². The van der Waals surface area contributed by atoms with E-state index in [2.05, 4.69) is 10.4 Å². The van der Waals surface area contributed by atoms with E-state index >= 15 is 0 Å². The molecule has 2 rings (SSSR count). The largest absolute Gasteiger partial charge is 0.508 e. The van der Waals surface area contributed by atoms with Crippen molar-refractivity contribution in [2.45, 2.75) is 26.1 Å². The van der Waals surface area contributed by atoms with Crippen LogP contribution in [-0.4, -0.2) is 43.7 Å². The number of benzene rings is 1. The van der Waals surface area contributed by atoms with E-state index in [0.717, 1.165) is 6.07 Å². The topological polar surface area (TPSA) is 126 Å². The fourth-order valence-electron chi connectivity index (χ4n) is 1.90. The van der Waals surface area contributed by atoms with Gasteiger partial charge in [-0.15, -0.1) is 0 Å². The third-order valence-electron chi connectivity index (χ3n) is 2.93. The number of aliphatic hydroxyl groups is 1. The second-order valence-electron chi connectivity index (χ2n) is 4.67. The number of amidine groups is 1. The van der Waals surface area contributed by atoms with Gasteiger partial charge in [-0.1, -0.05) is 13.8 Å². The molecule has 0 saturated carbocycles. The predicted octanol–water partition coefficient (Wildman–Crippen LogP) is 0.742. The molecule has 8 nitrogen and oxygen atoms in total. The first kappa shape index (κ1) is 13.9. The molecule has 1 aromatic rings.